The minimum atomic E-state index is -0.0416. The lowest BCUT2D eigenvalue weighted by Gasteiger charge is -2.34. The van der Waals surface area contributed by atoms with Crippen molar-refractivity contribution in [3.63, 3.8) is 0 Å². The highest BCUT2D eigenvalue weighted by molar-refractivity contribution is 14.0. The minimum Gasteiger partial charge on any atom is -0.490 e. The molecule has 2 aromatic rings. The van der Waals surface area contributed by atoms with Crippen molar-refractivity contribution in [2.45, 2.75) is 58.6 Å². The van der Waals surface area contributed by atoms with Gasteiger partial charge in [0, 0.05) is 37.9 Å². The number of benzene rings is 1. The fraction of sp³-hybridized carbons (Fsp3) is 0.545. The van der Waals surface area contributed by atoms with E-state index < -0.39 is 0 Å². The van der Waals surface area contributed by atoms with Gasteiger partial charge in [-0.15, -0.1) is 24.0 Å². The van der Waals surface area contributed by atoms with E-state index in [1.807, 2.05) is 36.5 Å². The first-order valence-corrected chi connectivity index (χ1v) is 10.2. The molecule has 0 bridgehead atoms. The maximum absolute atomic E-state index is 6.10. The largest absolute Gasteiger partial charge is 0.490 e. The van der Waals surface area contributed by atoms with Crippen LogP contribution in [0.25, 0.3) is 0 Å². The second-order valence-electron chi connectivity index (χ2n) is 8.16. The van der Waals surface area contributed by atoms with Gasteiger partial charge in [0.05, 0.1) is 6.20 Å². The Morgan fingerprint density at radius 1 is 1.24 bits per heavy atom. The topological polar surface area (TPSA) is 62.9 Å². The van der Waals surface area contributed by atoms with Gasteiger partial charge in [-0.05, 0) is 19.1 Å². The molecule has 1 N–H and O–H groups in total. The molecule has 1 aliphatic rings. The third-order valence-electron chi connectivity index (χ3n) is 4.78. The number of oxazole rings is 1. The summed E-state index contributed by atoms with van der Waals surface area (Å²) >= 11 is 0. The van der Waals surface area contributed by atoms with E-state index in [1.54, 1.807) is 0 Å². The van der Waals surface area contributed by atoms with E-state index >= 15 is 0 Å². The van der Waals surface area contributed by atoms with Crippen molar-refractivity contribution in [1.29, 1.82) is 0 Å². The first-order valence-electron chi connectivity index (χ1n) is 10.2. The van der Waals surface area contributed by atoms with E-state index in [0.717, 1.165) is 49.9 Å². The number of guanidine groups is 1. The molecule has 1 aromatic carbocycles. The number of ether oxygens (including phenoxy) is 1. The number of para-hydroxylation sites is 1. The molecule has 1 aliphatic heterocycles. The molecule has 29 heavy (non-hydrogen) atoms. The number of likely N-dealkylation sites (tertiary alicyclic amines) is 1. The van der Waals surface area contributed by atoms with E-state index in [2.05, 4.69) is 42.9 Å². The smallest absolute Gasteiger partial charge is 0.216 e. The standard InChI is InChI=1S/C22H32N4O2.HI/c1-5-23-21(25-16-20-24-15-19(28-20)22(2,3)4)26-13-11-18(12-14-26)27-17-9-7-6-8-10-17;/h6-10,15,18H,5,11-14,16H2,1-4H3,(H,23,25);1H. The van der Waals surface area contributed by atoms with Crippen LogP contribution in [0, 0.1) is 0 Å². The monoisotopic (exact) mass is 512 g/mol. The Morgan fingerprint density at radius 2 is 1.93 bits per heavy atom. The van der Waals surface area contributed by atoms with Gasteiger partial charge in [-0.25, -0.2) is 9.98 Å². The predicted octanol–water partition coefficient (Wildman–Crippen LogP) is 4.60. The zero-order valence-electron chi connectivity index (χ0n) is 17.9. The van der Waals surface area contributed by atoms with Gasteiger partial charge < -0.3 is 19.4 Å². The van der Waals surface area contributed by atoms with Gasteiger partial charge in [0.1, 0.15) is 24.2 Å². The summed E-state index contributed by atoms with van der Waals surface area (Å²) in [7, 11) is 0. The molecular weight excluding hydrogens is 479 g/mol. The Bertz CT molecular complexity index is 763. The summed E-state index contributed by atoms with van der Waals surface area (Å²) in [5.41, 5.74) is -0.0416. The maximum Gasteiger partial charge on any atom is 0.216 e. The Labute approximate surface area is 191 Å². The van der Waals surface area contributed by atoms with Gasteiger partial charge in [0.15, 0.2) is 5.96 Å². The molecule has 0 atom stereocenters. The van der Waals surface area contributed by atoms with Crippen LogP contribution in [0.2, 0.25) is 0 Å². The fourth-order valence-corrected chi connectivity index (χ4v) is 3.18. The average molecular weight is 512 g/mol. The molecule has 1 aromatic heterocycles. The van der Waals surface area contributed by atoms with Crippen LogP contribution in [-0.4, -0.2) is 41.6 Å². The summed E-state index contributed by atoms with van der Waals surface area (Å²) in [6.45, 7) is 11.6. The van der Waals surface area contributed by atoms with Crippen molar-refractivity contribution in [3.05, 3.63) is 48.2 Å². The van der Waals surface area contributed by atoms with Crippen LogP contribution in [0.3, 0.4) is 0 Å². The second-order valence-corrected chi connectivity index (χ2v) is 8.16. The molecule has 6 nitrogen and oxygen atoms in total. The van der Waals surface area contributed by atoms with Crippen LogP contribution in [0.15, 0.2) is 45.9 Å². The van der Waals surface area contributed by atoms with Gasteiger partial charge in [-0.3, -0.25) is 0 Å². The highest BCUT2D eigenvalue weighted by atomic mass is 127. The van der Waals surface area contributed by atoms with E-state index in [4.69, 9.17) is 14.1 Å². The van der Waals surface area contributed by atoms with Gasteiger partial charge >= 0.3 is 0 Å². The van der Waals surface area contributed by atoms with Gasteiger partial charge in [0.25, 0.3) is 0 Å². The van der Waals surface area contributed by atoms with Crippen molar-refractivity contribution < 1.29 is 9.15 Å². The van der Waals surface area contributed by atoms with E-state index in [-0.39, 0.29) is 35.5 Å². The number of hydrogen-bond acceptors (Lipinski definition) is 4. The van der Waals surface area contributed by atoms with Crippen molar-refractivity contribution >= 4 is 29.9 Å². The van der Waals surface area contributed by atoms with Crippen LogP contribution >= 0.6 is 24.0 Å². The van der Waals surface area contributed by atoms with Crippen LogP contribution in [0.1, 0.15) is 52.2 Å². The van der Waals surface area contributed by atoms with Crippen LogP contribution in [0.5, 0.6) is 5.75 Å². The molecule has 0 amide bonds. The zero-order chi connectivity index (χ0) is 20.0. The number of halogens is 1. The predicted molar refractivity (Wildman–Crippen MR) is 127 cm³/mol. The Balaban J connectivity index is 0.00000300. The average Bonchev–Trinajstić information content (AvgIpc) is 3.16. The van der Waals surface area contributed by atoms with Gasteiger partial charge in [-0.1, -0.05) is 39.0 Å². The number of nitrogens with zero attached hydrogens (tertiary/aromatic N) is 3. The molecule has 0 unspecified atom stereocenters. The normalized spacial score (nSPS) is 15.7. The fourth-order valence-electron chi connectivity index (χ4n) is 3.18. The summed E-state index contributed by atoms with van der Waals surface area (Å²) < 4.78 is 12.0. The van der Waals surface area contributed by atoms with Crippen LogP contribution < -0.4 is 10.1 Å². The molecule has 3 rings (SSSR count). The van der Waals surface area contributed by atoms with Gasteiger partial charge in [-0.2, -0.15) is 0 Å². The van der Waals surface area contributed by atoms with E-state index in [9.17, 15) is 0 Å². The van der Waals surface area contributed by atoms with Crippen molar-refractivity contribution in [3.8, 4) is 5.75 Å². The molecule has 2 heterocycles. The quantitative estimate of drug-likeness (QED) is 0.361. The summed E-state index contributed by atoms with van der Waals surface area (Å²) in [5, 5.41) is 3.39. The minimum absolute atomic E-state index is 0. The number of rotatable bonds is 5. The zero-order valence-corrected chi connectivity index (χ0v) is 20.2. The Kier molecular flexibility index (Phi) is 8.79. The molecule has 0 spiro atoms. The van der Waals surface area contributed by atoms with Gasteiger partial charge in [0.2, 0.25) is 5.89 Å². The number of nitrogens with one attached hydrogen (secondary N) is 1. The first-order chi connectivity index (χ1) is 13.5. The number of hydrogen-bond donors (Lipinski definition) is 1. The number of aliphatic imine (C=N–C) groups is 1. The number of aromatic nitrogens is 1. The van der Waals surface area contributed by atoms with E-state index in [1.165, 1.54) is 0 Å². The lowest BCUT2D eigenvalue weighted by Crippen LogP contribution is -2.47. The lowest BCUT2D eigenvalue weighted by atomic mass is 9.94. The van der Waals surface area contributed by atoms with Crippen molar-refractivity contribution in [2.75, 3.05) is 19.6 Å². The lowest BCUT2D eigenvalue weighted by molar-refractivity contribution is 0.129. The summed E-state index contributed by atoms with van der Waals surface area (Å²) in [6.07, 6.45) is 4.02. The molecular formula is C22H33IN4O2. The second kappa shape index (κ2) is 10.8. The molecule has 1 fully saturated rings. The van der Waals surface area contributed by atoms with Crippen molar-refractivity contribution in [1.82, 2.24) is 15.2 Å². The highest BCUT2D eigenvalue weighted by Gasteiger charge is 2.23. The molecule has 0 saturated carbocycles. The third-order valence-corrected chi connectivity index (χ3v) is 4.78. The SMILES string of the molecule is CCNC(=NCc1ncc(C(C)(C)C)o1)N1CCC(Oc2ccccc2)CC1.I. The summed E-state index contributed by atoms with van der Waals surface area (Å²) in [6, 6.07) is 10.1. The Hall–Kier alpha value is -1.77. The summed E-state index contributed by atoms with van der Waals surface area (Å²) in [4.78, 5) is 11.4. The van der Waals surface area contributed by atoms with Crippen molar-refractivity contribution in [2.24, 2.45) is 4.99 Å². The molecule has 160 valence electrons. The van der Waals surface area contributed by atoms with E-state index in [0.29, 0.717) is 12.4 Å². The highest BCUT2D eigenvalue weighted by Crippen LogP contribution is 2.23. The maximum atomic E-state index is 6.10. The van der Waals surface area contributed by atoms with Crippen LogP contribution in [0.4, 0.5) is 0 Å². The molecule has 1 saturated heterocycles. The summed E-state index contributed by atoms with van der Waals surface area (Å²) in [5.74, 6) is 3.40. The molecule has 7 heteroatoms. The number of piperidine rings is 1. The Morgan fingerprint density at radius 3 is 2.52 bits per heavy atom. The van der Waals surface area contributed by atoms with Crippen LogP contribution in [-0.2, 0) is 12.0 Å². The molecule has 0 aliphatic carbocycles. The first kappa shape index (κ1) is 23.5. The third kappa shape index (κ3) is 6.90. The molecule has 0 radical (unpaired) electrons.